The van der Waals surface area contributed by atoms with Gasteiger partial charge in [0, 0.05) is 31.7 Å². The van der Waals surface area contributed by atoms with E-state index >= 15 is 0 Å². The Labute approximate surface area is 220 Å². The molecular formula is C27H34F2N4O3S. The van der Waals surface area contributed by atoms with Gasteiger partial charge in [0.1, 0.15) is 11.4 Å². The van der Waals surface area contributed by atoms with Gasteiger partial charge in [-0.25, -0.2) is 8.78 Å². The number of carbonyl (C=O) groups excluding carboxylic acids is 2. The number of halogens is 2. The zero-order valence-electron chi connectivity index (χ0n) is 21.1. The van der Waals surface area contributed by atoms with E-state index in [0.29, 0.717) is 60.3 Å². The van der Waals surface area contributed by atoms with Gasteiger partial charge in [-0.05, 0) is 73.6 Å². The molecule has 37 heavy (non-hydrogen) atoms. The van der Waals surface area contributed by atoms with Crippen LogP contribution in [0.5, 0.6) is 5.75 Å². The zero-order valence-corrected chi connectivity index (χ0v) is 21.9. The fourth-order valence-corrected chi connectivity index (χ4v) is 5.49. The molecule has 200 valence electrons. The number of aryl methyl sites for hydroxylation is 2. The van der Waals surface area contributed by atoms with Crippen molar-refractivity contribution in [2.45, 2.75) is 76.8 Å². The number of alkyl halides is 2. The highest BCUT2D eigenvalue weighted by Crippen LogP contribution is 2.34. The first-order chi connectivity index (χ1) is 17.7. The molecule has 3 aliphatic rings. The summed E-state index contributed by atoms with van der Waals surface area (Å²) in [6.07, 6.45) is 7.68. The number of hydrogen-bond acceptors (Lipinski definition) is 5. The fraction of sp³-hybridized carbons (Fsp3) is 0.593. The topological polar surface area (TPSA) is 85.2 Å². The van der Waals surface area contributed by atoms with Crippen LogP contribution in [-0.2, 0) is 19.4 Å². The van der Waals surface area contributed by atoms with E-state index < -0.39 is 12.5 Å². The third-order valence-electron chi connectivity index (χ3n) is 7.04. The highest BCUT2D eigenvalue weighted by Gasteiger charge is 2.35. The lowest BCUT2D eigenvalue weighted by atomic mass is 9.95. The molecule has 0 unspecified atom stereocenters. The average molecular weight is 533 g/mol. The van der Waals surface area contributed by atoms with E-state index in [1.54, 1.807) is 22.9 Å². The molecular weight excluding hydrogens is 498 g/mol. The molecule has 2 amide bonds. The number of fused-ring (bicyclic) bond motifs is 1. The summed E-state index contributed by atoms with van der Waals surface area (Å²) in [7, 11) is 0. The molecule has 2 heterocycles. The number of aromatic nitrogens is 2. The fourth-order valence-electron chi connectivity index (χ4n) is 4.61. The van der Waals surface area contributed by atoms with E-state index in [4.69, 9.17) is 9.84 Å². The van der Waals surface area contributed by atoms with Gasteiger partial charge in [-0.3, -0.25) is 19.0 Å². The molecule has 0 spiro atoms. The Morgan fingerprint density at radius 3 is 2.76 bits per heavy atom. The van der Waals surface area contributed by atoms with Crippen molar-refractivity contribution in [1.29, 1.82) is 0 Å². The molecule has 7 nitrogen and oxygen atoms in total. The van der Waals surface area contributed by atoms with Crippen molar-refractivity contribution < 1.29 is 23.1 Å². The minimum Gasteiger partial charge on any atom is -0.487 e. The van der Waals surface area contributed by atoms with Gasteiger partial charge >= 0.3 is 0 Å². The molecule has 1 atom stereocenters. The van der Waals surface area contributed by atoms with Crippen molar-refractivity contribution in [3.8, 4) is 5.75 Å². The summed E-state index contributed by atoms with van der Waals surface area (Å²) in [6, 6.07) is 6.99. The first-order valence-electron chi connectivity index (χ1n) is 13.2. The van der Waals surface area contributed by atoms with Crippen molar-refractivity contribution in [2.75, 3.05) is 12.4 Å². The first kappa shape index (κ1) is 26.0. The molecule has 0 radical (unpaired) electrons. The predicted octanol–water partition coefficient (Wildman–Crippen LogP) is 4.79. The Bertz CT molecular complexity index is 1140. The summed E-state index contributed by atoms with van der Waals surface area (Å²) in [4.78, 5) is 26.3. The molecule has 1 aromatic heterocycles. The average Bonchev–Trinajstić information content (AvgIpc) is 3.78. The van der Waals surface area contributed by atoms with Gasteiger partial charge in [-0.1, -0.05) is 25.0 Å². The second-order valence-electron chi connectivity index (χ2n) is 10.7. The monoisotopic (exact) mass is 532 g/mol. The largest absolute Gasteiger partial charge is 0.487 e. The van der Waals surface area contributed by atoms with Crippen LogP contribution in [0.15, 0.2) is 24.3 Å². The highest BCUT2D eigenvalue weighted by atomic mass is 32.2. The van der Waals surface area contributed by atoms with Crippen LogP contribution in [0.2, 0.25) is 0 Å². The van der Waals surface area contributed by atoms with Gasteiger partial charge in [-0.15, -0.1) is 0 Å². The van der Waals surface area contributed by atoms with E-state index in [1.165, 1.54) is 37.6 Å². The van der Waals surface area contributed by atoms with Gasteiger partial charge in [0.05, 0.1) is 11.3 Å². The van der Waals surface area contributed by atoms with Crippen molar-refractivity contribution in [3.63, 3.8) is 0 Å². The van der Waals surface area contributed by atoms with Crippen molar-refractivity contribution in [2.24, 2.45) is 11.8 Å². The van der Waals surface area contributed by atoms with E-state index in [0.717, 1.165) is 24.7 Å². The number of hydrogen-bond donors (Lipinski definition) is 2. The molecule has 2 fully saturated rings. The van der Waals surface area contributed by atoms with E-state index in [-0.39, 0.29) is 17.9 Å². The van der Waals surface area contributed by atoms with Crippen LogP contribution in [0.1, 0.15) is 77.6 Å². The second kappa shape index (κ2) is 11.0. The van der Waals surface area contributed by atoms with Gasteiger partial charge in [0.25, 0.3) is 17.7 Å². The van der Waals surface area contributed by atoms with Crippen LogP contribution in [0, 0.1) is 11.8 Å². The second-order valence-corrected chi connectivity index (χ2v) is 11.6. The Morgan fingerprint density at radius 1 is 1.24 bits per heavy atom. The maximum absolute atomic E-state index is 13.2. The van der Waals surface area contributed by atoms with Gasteiger partial charge in [0.15, 0.2) is 6.61 Å². The number of benzene rings is 1. The molecule has 2 aliphatic carbocycles. The molecule has 0 bridgehead atoms. The minimum atomic E-state index is -2.90. The summed E-state index contributed by atoms with van der Waals surface area (Å²) in [5, 5.41) is 7.80. The summed E-state index contributed by atoms with van der Waals surface area (Å²) in [5.41, 5.74) is 2.38. The lowest BCUT2D eigenvalue weighted by Crippen LogP contribution is -2.42. The van der Waals surface area contributed by atoms with Crippen LogP contribution in [0.3, 0.4) is 0 Å². The Balaban J connectivity index is 1.24. The quantitative estimate of drug-likeness (QED) is 0.362. The molecule has 2 aromatic rings. The van der Waals surface area contributed by atoms with Crippen LogP contribution in [-0.4, -0.2) is 45.9 Å². The predicted molar refractivity (Wildman–Crippen MR) is 138 cm³/mol. The number of nitrogens with zero attached hydrogens (tertiary/aromatic N) is 2. The molecule has 1 aromatic carbocycles. The Kier molecular flexibility index (Phi) is 7.74. The maximum Gasteiger partial charge on any atom is 0.280 e. The Hall–Kier alpha value is -2.62. The lowest BCUT2D eigenvalue weighted by molar-refractivity contribution is -0.0229. The molecule has 2 N–H and O–H groups in total. The van der Waals surface area contributed by atoms with Crippen molar-refractivity contribution in [3.05, 3.63) is 46.8 Å². The smallest absolute Gasteiger partial charge is 0.280 e. The summed E-state index contributed by atoms with van der Waals surface area (Å²) in [5.74, 6) is -0.742. The zero-order chi connectivity index (χ0) is 26.0. The SMILES string of the molecule is CC(F)(F)COc1cccc(CC[C@H]2Cc3nn(CCC4CC4)c(C(=O)NSCC4CC4)c3C(=O)N2)c1. The maximum atomic E-state index is 13.2. The summed E-state index contributed by atoms with van der Waals surface area (Å²) in [6.45, 7) is 0.789. The molecule has 2 saturated carbocycles. The van der Waals surface area contributed by atoms with Gasteiger partial charge in [-0.2, -0.15) is 5.10 Å². The van der Waals surface area contributed by atoms with Crippen molar-refractivity contribution in [1.82, 2.24) is 19.8 Å². The Morgan fingerprint density at radius 2 is 2.03 bits per heavy atom. The number of ether oxygens (including phenoxy) is 1. The molecule has 1 aliphatic heterocycles. The molecule has 10 heteroatoms. The normalized spacial score (nSPS) is 19.3. The third-order valence-corrected chi connectivity index (χ3v) is 8.01. The van der Waals surface area contributed by atoms with E-state index in [1.807, 2.05) is 6.07 Å². The summed E-state index contributed by atoms with van der Waals surface area (Å²) >= 11 is 1.42. The van der Waals surface area contributed by atoms with Crippen LogP contribution < -0.4 is 14.8 Å². The van der Waals surface area contributed by atoms with Crippen LogP contribution in [0.25, 0.3) is 0 Å². The number of amides is 2. The number of carbonyl (C=O) groups is 2. The van der Waals surface area contributed by atoms with Crippen LogP contribution in [0.4, 0.5) is 8.78 Å². The standard InChI is InChI=1S/C27H34F2N4O3S/c1-27(28,29)16-36-21-4-2-3-18(13-21)9-10-20-14-22-23(25(34)30-20)24(26(35)32-37-15-19-7-8-19)33(31-22)12-11-17-5-6-17/h2-4,13,17,19-20H,5-12,14-16H2,1H3,(H,30,34)(H,32,35)/t20-/m0/s1. The summed E-state index contributed by atoms with van der Waals surface area (Å²) < 4.78 is 36.1. The van der Waals surface area contributed by atoms with Gasteiger partial charge in [0.2, 0.25) is 0 Å². The first-order valence-corrected chi connectivity index (χ1v) is 14.2. The third kappa shape index (κ3) is 7.24. The van der Waals surface area contributed by atoms with E-state index in [2.05, 4.69) is 10.0 Å². The lowest BCUT2D eigenvalue weighted by Gasteiger charge is -2.23. The molecule has 5 rings (SSSR count). The van der Waals surface area contributed by atoms with E-state index in [9.17, 15) is 18.4 Å². The minimum absolute atomic E-state index is 0.128. The number of nitrogens with one attached hydrogen (secondary N) is 2. The highest BCUT2D eigenvalue weighted by molar-refractivity contribution is 7.97. The number of rotatable bonds is 13. The van der Waals surface area contributed by atoms with Crippen LogP contribution >= 0.6 is 11.9 Å². The van der Waals surface area contributed by atoms with Gasteiger partial charge < -0.3 is 10.1 Å². The van der Waals surface area contributed by atoms with Crippen molar-refractivity contribution >= 4 is 23.8 Å². The molecule has 0 saturated heterocycles.